The number of nitrogens with one attached hydrogen (secondary N) is 1. The van der Waals surface area contributed by atoms with E-state index >= 15 is 0 Å². The van der Waals surface area contributed by atoms with E-state index in [4.69, 9.17) is 9.47 Å². The molecule has 152 valence electrons. The fourth-order valence-electron chi connectivity index (χ4n) is 3.08. The maximum Gasteiger partial charge on any atom is 0.217 e. The standard InChI is InChI=1S/C22H24FN3O3/c1-14(24-15(2)27)12-28-18-7-8-22(20(23)9-18)26-11-17-5-6-19(10-21(17)25-26)29-13-16-3-4-16/h5-11,14,16H,3-4,12-13H2,1-2H3,(H,24,27)/t14-/m0/s1. The first kappa shape index (κ1) is 19.2. The molecule has 0 spiro atoms. The molecular weight excluding hydrogens is 373 g/mol. The van der Waals surface area contributed by atoms with Crippen LogP contribution in [0.15, 0.2) is 42.6 Å². The molecule has 0 radical (unpaired) electrons. The van der Waals surface area contributed by atoms with Crippen molar-refractivity contribution in [3.05, 3.63) is 48.4 Å². The van der Waals surface area contributed by atoms with Crippen molar-refractivity contribution < 1.29 is 18.7 Å². The summed E-state index contributed by atoms with van der Waals surface area (Å²) in [5, 5.41) is 8.12. The molecule has 1 aromatic heterocycles. The number of amides is 1. The van der Waals surface area contributed by atoms with Crippen LogP contribution in [0.25, 0.3) is 16.6 Å². The van der Waals surface area contributed by atoms with Gasteiger partial charge in [0.1, 0.15) is 23.8 Å². The summed E-state index contributed by atoms with van der Waals surface area (Å²) in [5.41, 5.74) is 1.09. The Balaban J connectivity index is 1.47. The summed E-state index contributed by atoms with van der Waals surface area (Å²) < 4.78 is 27.5. The van der Waals surface area contributed by atoms with Gasteiger partial charge in [0.2, 0.25) is 5.91 Å². The minimum absolute atomic E-state index is 0.130. The summed E-state index contributed by atoms with van der Waals surface area (Å²) in [4.78, 5) is 11.0. The second-order valence-electron chi connectivity index (χ2n) is 7.57. The number of aromatic nitrogens is 2. The van der Waals surface area contributed by atoms with Crippen LogP contribution in [0.3, 0.4) is 0 Å². The topological polar surface area (TPSA) is 65.4 Å². The summed E-state index contributed by atoms with van der Waals surface area (Å²) in [7, 11) is 0. The third-order valence-corrected chi connectivity index (χ3v) is 4.78. The molecule has 0 aliphatic heterocycles. The van der Waals surface area contributed by atoms with Crippen LogP contribution in [-0.2, 0) is 4.79 Å². The number of hydrogen-bond acceptors (Lipinski definition) is 4. The molecule has 4 rings (SSSR count). The second kappa shape index (κ2) is 8.11. The lowest BCUT2D eigenvalue weighted by molar-refractivity contribution is -0.119. The molecule has 29 heavy (non-hydrogen) atoms. The van der Waals surface area contributed by atoms with Crippen molar-refractivity contribution in [3.8, 4) is 17.2 Å². The highest BCUT2D eigenvalue weighted by molar-refractivity contribution is 5.80. The van der Waals surface area contributed by atoms with Crippen LogP contribution in [0, 0.1) is 11.7 Å². The number of halogens is 1. The lowest BCUT2D eigenvalue weighted by Crippen LogP contribution is -2.35. The zero-order valence-electron chi connectivity index (χ0n) is 16.5. The van der Waals surface area contributed by atoms with Crippen LogP contribution in [0.2, 0.25) is 0 Å². The van der Waals surface area contributed by atoms with Gasteiger partial charge in [-0.3, -0.25) is 4.79 Å². The molecule has 6 nitrogen and oxygen atoms in total. The smallest absolute Gasteiger partial charge is 0.217 e. The summed E-state index contributed by atoms with van der Waals surface area (Å²) in [6.45, 7) is 4.27. The zero-order valence-corrected chi connectivity index (χ0v) is 16.5. The molecule has 1 fully saturated rings. The average molecular weight is 397 g/mol. The minimum Gasteiger partial charge on any atom is -0.493 e. The third kappa shape index (κ3) is 4.85. The first-order chi connectivity index (χ1) is 14.0. The van der Waals surface area contributed by atoms with E-state index in [0.29, 0.717) is 17.4 Å². The van der Waals surface area contributed by atoms with Crippen molar-refractivity contribution in [2.24, 2.45) is 5.92 Å². The Hall–Kier alpha value is -3.09. The van der Waals surface area contributed by atoms with E-state index in [0.717, 1.165) is 23.3 Å². The van der Waals surface area contributed by atoms with Crippen LogP contribution in [0.1, 0.15) is 26.7 Å². The van der Waals surface area contributed by atoms with Gasteiger partial charge in [-0.25, -0.2) is 9.07 Å². The molecule has 1 saturated carbocycles. The lowest BCUT2D eigenvalue weighted by atomic mass is 10.2. The van der Waals surface area contributed by atoms with Gasteiger partial charge in [0.05, 0.1) is 18.2 Å². The van der Waals surface area contributed by atoms with Crippen LogP contribution < -0.4 is 14.8 Å². The number of benzene rings is 2. The van der Waals surface area contributed by atoms with Crippen molar-refractivity contribution >= 4 is 16.8 Å². The van der Waals surface area contributed by atoms with Crippen LogP contribution >= 0.6 is 0 Å². The predicted octanol–water partition coefficient (Wildman–Crippen LogP) is 3.86. The van der Waals surface area contributed by atoms with E-state index in [2.05, 4.69) is 10.4 Å². The molecule has 7 heteroatoms. The van der Waals surface area contributed by atoms with Crippen LogP contribution in [0.4, 0.5) is 4.39 Å². The van der Waals surface area contributed by atoms with Gasteiger partial charge in [0.25, 0.3) is 0 Å². The van der Waals surface area contributed by atoms with E-state index in [-0.39, 0.29) is 18.6 Å². The third-order valence-electron chi connectivity index (χ3n) is 4.78. The van der Waals surface area contributed by atoms with Gasteiger partial charge in [-0.2, -0.15) is 5.10 Å². The Morgan fingerprint density at radius 1 is 1.24 bits per heavy atom. The number of ether oxygens (including phenoxy) is 2. The largest absolute Gasteiger partial charge is 0.493 e. The molecule has 0 saturated heterocycles. The highest BCUT2D eigenvalue weighted by atomic mass is 19.1. The normalized spacial score (nSPS) is 14.6. The average Bonchev–Trinajstić information content (AvgIpc) is 3.41. The molecule has 2 aromatic carbocycles. The molecule has 1 amide bonds. The van der Waals surface area contributed by atoms with Crippen LogP contribution in [-0.4, -0.2) is 34.9 Å². The molecule has 0 bridgehead atoms. The quantitative estimate of drug-likeness (QED) is 0.627. The monoisotopic (exact) mass is 397 g/mol. The molecule has 1 aliphatic rings. The van der Waals surface area contributed by atoms with E-state index in [1.165, 1.54) is 30.5 Å². The molecule has 1 aliphatic carbocycles. The van der Waals surface area contributed by atoms with Gasteiger partial charge >= 0.3 is 0 Å². The zero-order chi connectivity index (χ0) is 20.4. The molecular formula is C22H24FN3O3. The van der Waals surface area contributed by atoms with E-state index in [1.807, 2.05) is 25.1 Å². The second-order valence-corrected chi connectivity index (χ2v) is 7.57. The lowest BCUT2D eigenvalue weighted by Gasteiger charge is -2.14. The maximum atomic E-state index is 14.7. The Morgan fingerprint density at radius 3 is 2.72 bits per heavy atom. The molecule has 1 atom stereocenters. The van der Waals surface area contributed by atoms with E-state index in [1.54, 1.807) is 18.3 Å². The number of hydrogen-bond donors (Lipinski definition) is 1. The van der Waals surface area contributed by atoms with Gasteiger partial charge in [-0.1, -0.05) is 0 Å². The number of nitrogens with zero attached hydrogens (tertiary/aromatic N) is 2. The van der Waals surface area contributed by atoms with Gasteiger partial charge in [-0.15, -0.1) is 0 Å². The van der Waals surface area contributed by atoms with Crippen molar-refractivity contribution in [3.63, 3.8) is 0 Å². The molecule has 0 unspecified atom stereocenters. The summed E-state index contributed by atoms with van der Waals surface area (Å²) in [5.74, 6) is 1.30. The van der Waals surface area contributed by atoms with E-state index in [9.17, 15) is 9.18 Å². The van der Waals surface area contributed by atoms with Crippen LogP contribution in [0.5, 0.6) is 11.5 Å². The van der Waals surface area contributed by atoms with Gasteiger partial charge in [0.15, 0.2) is 5.82 Å². The fraction of sp³-hybridized carbons (Fsp3) is 0.364. The fourth-order valence-corrected chi connectivity index (χ4v) is 3.08. The van der Waals surface area contributed by atoms with Crippen molar-refractivity contribution in [1.29, 1.82) is 0 Å². The Kier molecular flexibility index (Phi) is 5.38. The van der Waals surface area contributed by atoms with Crippen molar-refractivity contribution in [2.45, 2.75) is 32.7 Å². The van der Waals surface area contributed by atoms with Gasteiger partial charge < -0.3 is 14.8 Å². The Morgan fingerprint density at radius 2 is 2.00 bits per heavy atom. The molecule has 3 aromatic rings. The Labute approximate surface area is 168 Å². The number of carbonyl (C=O) groups is 1. The first-order valence-electron chi connectivity index (χ1n) is 9.80. The number of rotatable bonds is 8. The van der Waals surface area contributed by atoms with Gasteiger partial charge in [0, 0.05) is 30.6 Å². The predicted molar refractivity (Wildman–Crippen MR) is 108 cm³/mol. The molecule has 1 N–H and O–H groups in total. The SMILES string of the molecule is CC(=O)N[C@@H](C)COc1ccc(-n2cc3ccc(OCC4CC4)cc3n2)c(F)c1. The van der Waals surface area contributed by atoms with Gasteiger partial charge in [-0.05, 0) is 49.9 Å². The maximum absolute atomic E-state index is 14.7. The van der Waals surface area contributed by atoms with Crippen molar-refractivity contribution in [2.75, 3.05) is 13.2 Å². The number of carbonyl (C=O) groups excluding carboxylic acids is 1. The summed E-state index contributed by atoms with van der Waals surface area (Å²) in [6.07, 6.45) is 4.27. The number of fused-ring (bicyclic) bond motifs is 1. The minimum atomic E-state index is -0.437. The summed E-state index contributed by atoms with van der Waals surface area (Å²) in [6, 6.07) is 10.2. The highest BCUT2D eigenvalue weighted by Gasteiger charge is 2.22. The Bertz CT molecular complexity index is 1030. The summed E-state index contributed by atoms with van der Waals surface area (Å²) >= 11 is 0. The first-order valence-corrected chi connectivity index (χ1v) is 9.80. The van der Waals surface area contributed by atoms with E-state index < -0.39 is 5.82 Å². The highest BCUT2D eigenvalue weighted by Crippen LogP contribution is 2.30. The van der Waals surface area contributed by atoms with Crippen molar-refractivity contribution in [1.82, 2.24) is 15.1 Å². The molecule has 1 heterocycles.